The Morgan fingerprint density at radius 1 is 1.00 bits per heavy atom. The Morgan fingerprint density at radius 2 is 1.52 bits per heavy atom. The van der Waals surface area contributed by atoms with Crippen LogP contribution in [0.3, 0.4) is 0 Å². The SMILES string of the molecule is C[C@H](C(=O)[O-])n1c[n+]([O-])c(-c2ccccc2)c1-c1ccccc1. The highest BCUT2D eigenvalue weighted by Crippen LogP contribution is 2.31. The fourth-order valence-electron chi connectivity index (χ4n) is 2.60. The van der Waals surface area contributed by atoms with Gasteiger partial charge in [0.15, 0.2) is 11.4 Å². The number of aliphatic carboxylic acids is 1. The summed E-state index contributed by atoms with van der Waals surface area (Å²) in [7, 11) is 0. The van der Waals surface area contributed by atoms with Crippen molar-refractivity contribution in [2.75, 3.05) is 0 Å². The number of rotatable bonds is 4. The highest BCUT2D eigenvalue weighted by atomic mass is 16.5. The van der Waals surface area contributed by atoms with Crippen LogP contribution in [0.15, 0.2) is 67.0 Å². The molecule has 0 aliphatic carbocycles. The molecule has 1 atom stereocenters. The van der Waals surface area contributed by atoms with Gasteiger partial charge in [-0.15, -0.1) is 0 Å². The number of hydrogen-bond acceptors (Lipinski definition) is 3. The second kappa shape index (κ2) is 5.96. The van der Waals surface area contributed by atoms with Gasteiger partial charge in [0.25, 0.3) is 0 Å². The normalized spacial score (nSPS) is 12.0. The second-order valence-electron chi connectivity index (χ2n) is 5.27. The number of carbonyl (C=O) groups excluding carboxylic acids is 1. The number of hydrogen-bond donors (Lipinski definition) is 0. The van der Waals surface area contributed by atoms with Crippen LogP contribution in [0.2, 0.25) is 0 Å². The quantitative estimate of drug-likeness (QED) is 0.544. The fourth-order valence-corrected chi connectivity index (χ4v) is 2.60. The van der Waals surface area contributed by atoms with E-state index in [0.29, 0.717) is 16.1 Å². The van der Waals surface area contributed by atoms with Crippen molar-refractivity contribution >= 4 is 5.97 Å². The van der Waals surface area contributed by atoms with Crippen molar-refractivity contribution in [3.63, 3.8) is 0 Å². The van der Waals surface area contributed by atoms with Gasteiger partial charge in [-0.1, -0.05) is 60.7 Å². The van der Waals surface area contributed by atoms with E-state index < -0.39 is 12.0 Å². The molecule has 0 unspecified atom stereocenters. The molecule has 0 N–H and O–H groups in total. The van der Waals surface area contributed by atoms with Gasteiger partial charge in [-0.05, 0) is 6.92 Å². The van der Waals surface area contributed by atoms with Crippen LogP contribution in [0.25, 0.3) is 22.5 Å². The van der Waals surface area contributed by atoms with Crippen LogP contribution in [0.5, 0.6) is 0 Å². The van der Waals surface area contributed by atoms with Crippen molar-refractivity contribution in [3.8, 4) is 22.5 Å². The standard InChI is InChI=1S/C18H16N2O3/c1-13(18(21)22)19-12-20(23)17(15-10-6-3-7-11-15)16(19)14-8-4-2-5-9-14/h2-13H,1H3,(H,21,22)/p-1/t13-/m1/s1. The molecule has 5 heteroatoms. The molecule has 0 radical (unpaired) electrons. The van der Waals surface area contributed by atoms with E-state index in [1.165, 1.54) is 17.8 Å². The molecule has 23 heavy (non-hydrogen) atoms. The summed E-state index contributed by atoms with van der Waals surface area (Å²) < 4.78 is 2.15. The molecule has 5 nitrogen and oxygen atoms in total. The molecule has 0 fully saturated rings. The number of benzene rings is 2. The maximum Gasteiger partial charge on any atom is 0.248 e. The topological polar surface area (TPSA) is 72.0 Å². The third-order valence-corrected chi connectivity index (χ3v) is 3.78. The van der Waals surface area contributed by atoms with E-state index in [1.807, 2.05) is 60.7 Å². The van der Waals surface area contributed by atoms with Gasteiger partial charge in [-0.3, -0.25) is 0 Å². The van der Waals surface area contributed by atoms with Gasteiger partial charge in [0.05, 0.1) is 5.97 Å². The van der Waals surface area contributed by atoms with Crippen molar-refractivity contribution < 1.29 is 14.6 Å². The second-order valence-corrected chi connectivity index (χ2v) is 5.27. The van der Waals surface area contributed by atoms with Gasteiger partial charge in [0.1, 0.15) is 6.04 Å². The minimum absolute atomic E-state index is 0.421. The summed E-state index contributed by atoms with van der Waals surface area (Å²) in [4.78, 5) is 11.3. The molecule has 1 aromatic heterocycles. The number of aromatic nitrogens is 2. The van der Waals surface area contributed by atoms with E-state index in [0.717, 1.165) is 11.1 Å². The molecule has 0 aliphatic heterocycles. The predicted molar refractivity (Wildman–Crippen MR) is 84.0 cm³/mol. The molecule has 2 aromatic carbocycles. The Morgan fingerprint density at radius 3 is 2.04 bits per heavy atom. The summed E-state index contributed by atoms with van der Waals surface area (Å²) in [6.45, 7) is 1.50. The molecule has 116 valence electrons. The Balaban J connectivity index is 2.30. The van der Waals surface area contributed by atoms with E-state index in [4.69, 9.17) is 0 Å². The first kappa shape index (κ1) is 14.8. The van der Waals surface area contributed by atoms with E-state index in [-0.39, 0.29) is 0 Å². The van der Waals surface area contributed by atoms with Crippen molar-refractivity contribution in [2.24, 2.45) is 0 Å². The summed E-state index contributed by atoms with van der Waals surface area (Å²) in [6.07, 6.45) is 1.26. The molecule has 1 heterocycles. The molecule has 0 amide bonds. The zero-order chi connectivity index (χ0) is 16.4. The predicted octanol–water partition coefficient (Wildman–Crippen LogP) is 1.77. The van der Waals surface area contributed by atoms with Crippen molar-refractivity contribution in [1.29, 1.82) is 0 Å². The third kappa shape index (κ3) is 2.68. The zero-order valence-electron chi connectivity index (χ0n) is 12.5. The molecule has 0 spiro atoms. The highest BCUT2D eigenvalue weighted by Gasteiger charge is 2.26. The van der Waals surface area contributed by atoms with Crippen LogP contribution in [-0.4, -0.2) is 10.5 Å². The minimum atomic E-state index is -1.24. The first-order valence-electron chi connectivity index (χ1n) is 7.25. The molecule has 0 saturated carbocycles. The van der Waals surface area contributed by atoms with Crippen molar-refractivity contribution in [3.05, 3.63) is 72.2 Å². The van der Waals surface area contributed by atoms with E-state index in [9.17, 15) is 15.1 Å². The van der Waals surface area contributed by atoms with E-state index in [1.54, 1.807) is 0 Å². The summed E-state index contributed by atoms with van der Waals surface area (Å²) >= 11 is 0. The maximum absolute atomic E-state index is 12.4. The Labute approximate surface area is 133 Å². The molecular weight excluding hydrogens is 292 g/mol. The molecular formula is C18H15N2O3-. The number of carboxylic acid groups (broad SMARTS) is 1. The Hall–Kier alpha value is -3.08. The average molecular weight is 307 g/mol. The summed E-state index contributed by atoms with van der Waals surface area (Å²) in [5.41, 5.74) is 2.48. The van der Waals surface area contributed by atoms with Crippen LogP contribution in [0.1, 0.15) is 13.0 Å². The van der Waals surface area contributed by atoms with Crippen LogP contribution in [-0.2, 0) is 4.79 Å². The molecule has 0 aliphatic rings. The van der Waals surface area contributed by atoms with Crippen molar-refractivity contribution in [1.82, 2.24) is 4.57 Å². The number of nitrogens with zero attached hydrogens (tertiary/aromatic N) is 2. The molecule has 0 bridgehead atoms. The number of imidazole rings is 1. The Bertz CT molecular complexity index is 826. The number of carboxylic acids is 1. The lowest BCUT2D eigenvalue weighted by Gasteiger charge is -2.12. The van der Waals surface area contributed by atoms with Gasteiger partial charge in [-0.25, -0.2) is 9.30 Å². The van der Waals surface area contributed by atoms with Crippen LogP contribution < -0.4 is 9.84 Å². The largest absolute Gasteiger partial charge is 0.710 e. The molecule has 3 rings (SSSR count). The molecule has 3 aromatic rings. The number of carbonyl (C=O) groups is 1. The minimum Gasteiger partial charge on any atom is -0.710 e. The van der Waals surface area contributed by atoms with Gasteiger partial charge in [0, 0.05) is 11.1 Å². The lowest BCUT2D eigenvalue weighted by Crippen LogP contribution is -2.32. The van der Waals surface area contributed by atoms with Gasteiger partial charge >= 0.3 is 0 Å². The van der Waals surface area contributed by atoms with Crippen LogP contribution in [0, 0.1) is 5.21 Å². The summed E-state index contributed by atoms with van der Waals surface area (Å²) in [5.74, 6) is -1.24. The first-order valence-corrected chi connectivity index (χ1v) is 7.25. The monoisotopic (exact) mass is 307 g/mol. The van der Waals surface area contributed by atoms with Crippen molar-refractivity contribution in [2.45, 2.75) is 13.0 Å². The molecule has 0 saturated heterocycles. The maximum atomic E-state index is 12.4. The van der Waals surface area contributed by atoms with Gasteiger partial charge in [0.2, 0.25) is 6.33 Å². The highest BCUT2D eigenvalue weighted by molar-refractivity contribution is 5.78. The lowest BCUT2D eigenvalue weighted by atomic mass is 10.0. The summed E-state index contributed by atoms with van der Waals surface area (Å²) in [6, 6.07) is 17.5. The lowest BCUT2D eigenvalue weighted by molar-refractivity contribution is -0.593. The van der Waals surface area contributed by atoms with Gasteiger partial charge < -0.3 is 15.1 Å². The summed E-state index contributed by atoms with van der Waals surface area (Å²) in [5, 5.41) is 23.7. The first-order chi connectivity index (χ1) is 11.1. The van der Waals surface area contributed by atoms with E-state index >= 15 is 0 Å². The third-order valence-electron chi connectivity index (χ3n) is 3.78. The zero-order valence-corrected chi connectivity index (χ0v) is 12.5. The van der Waals surface area contributed by atoms with Crippen LogP contribution in [0.4, 0.5) is 0 Å². The Kier molecular flexibility index (Phi) is 3.85. The fraction of sp³-hybridized carbons (Fsp3) is 0.111. The average Bonchev–Trinajstić information content (AvgIpc) is 2.92. The van der Waals surface area contributed by atoms with E-state index in [2.05, 4.69) is 0 Å². The smallest absolute Gasteiger partial charge is 0.248 e. The van der Waals surface area contributed by atoms with Crippen LogP contribution >= 0.6 is 0 Å². The van der Waals surface area contributed by atoms with Gasteiger partial charge in [-0.2, -0.15) is 0 Å².